The van der Waals surface area contributed by atoms with E-state index in [1.165, 1.54) is 0 Å². The molecule has 3 rings (SSSR count). The molecule has 6 nitrogen and oxygen atoms in total. The summed E-state index contributed by atoms with van der Waals surface area (Å²) in [6.07, 6.45) is 1.75. The SMILES string of the molecule is CC1COCCN1C(=O)CCCc1nc(-c2ccc(Cl)cc2)no1. The summed E-state index contributed by atoms with van der Waals surface area (Å²) in [5.41, 5.74) is 0.854. The highest BCUT2D eigenvalue weighted by Gasteiger charge is 2.23. The number of nitrogens with zero attached hydrogens (tertiary/aromatic N) is 3. The highest BCUT2D eigenvalue weighted by Crippen LogP contribution is 2.19. The molecule has 7 heteroatoms. The summed E-state index contributed by atoms with van der Waals surface area (Å²) in [4.78, 5) is 18.5. The second-order valence-corrected chi connectivity index (χ2v) is 6.32. The van der Waals surface area contributed by atoms with E-state index in [4.69, 9.17) is 20.9 Å². The van der Waals surface area contributed by atoms with E-state index in [9.17, 15) is 4.79 Å². The zero-order chi connectivity index (χ0) is 16.9. The number of halogens is 1. The molecule has 24 heavy (non-hydrogen) atoms. The van der Waals surface area contributed by atoms with Crippen molar-refractivity contribution in [2.24, 2.45) is 0 Å². The van der Waals surface area contributed by atoms with Gasteiger partial charge in [0.2, 0.25) is 17.6 Å². The van der Waals surface area contributed by atoms with Crippen molar-refractivity contribution in [3.05, 3.63) is 35.2 Å². The monoisotopic (exact) mass is 349 g/mol. The van der Waals surface area contributed by atoms with Crippen molar-refractivity contribution >= 4 is 17.5 Å². The zero-order valence-corrected chi connectivity index (χ0v) is 14.3. The molecule has 1 aromatic heterocycles. The Morgan fingerprint density at radius 1 is 1.38 bits per heavy atom. The molecule has 2 aromatic rings. The van der Waals surface area contributed by atoms with Gasteiger partial charge in [-0.25, -0.2) is 0 Å². The minimum atomic E-state index is 0.145. The van der Waals surface area contributed by atoms with Crippen molar-refractivity contribution in [2.75, 3.05) is 19.8 Å². The van der Waals surface area contributed by atoms with Crippen LogP contribution < -0.4 is 0 Å². The number of benzene rings is 1. The Kier molecular flexibility index (Phi) is 5.48. The second-order valence-electron chi connectivity index (χ2n) is 5.88. The van der Waals surface area contributed by atoms with Crippen LogP contribution in [0, 0.1) is 0 Å². The van der Waals surface area contributed by atoms with Crippen LogP contribution >= 0.6 is 11.6 Å². The van der Waals surface area contributed by atoms with Gasteiger partial charge in [0.25, 0.3) is 0 Å². The molecule has 0 N–H and O–H groups in total. The fraction of sp³-hybridized carbons (Fsp3) is 0.471. The van der Waals surface area contributed by atoms with Crippen LogP contribution in [0.3, 0.4) is 0 Å². The third kappa shape index (κ3) is 4.13. The number of carbonyl (C=O) groups is 1. The number of rotatable bonds is 5. The molecule has 1 amide bonds. The minimum Gasteiger partial charge on any atom is -0.377 e. The lowest BCUT2D eigenvalue weighted by Gasteiger charge is -2.33. The summed E-state index contributed by atoms with van der Waals surface area (Å²) in [5, 5.41) is 4.64. The van der Waals surface area contributed by atoms with Crippen LogP contribution in [0.4, 0.5) is 0 Å². The molecule has 1 unspecified atom stereocenters. The normalized spacial score (nSPS) is 17.9. The number of aryl methyl sites for hydroxylation is 1. The van der Waals surface area contributed by atoms with Gasteiger partial charge in [0.05, 0.1) is 19.3 Å². The fourth-order valence-electron chi connectivity index (χ4n) is 2.70. The van der Waals surface area contributed by atoms with E-state index in [0.29, 0.717) is 55.8 Å². The number of amides is 1. The standard InChI is InChI=1S/C17H20ClN3O3/c1-12-11-23-10-9-21(12)16(22)4-2-3-15-19-17(20-24-15)13-5-7-14(18)8-6-13/h5-8,12H,2-4,9-11H2,1H3. The predicted octanol–water partition coefficient (Wildman–Crippen LogP) is 2.96. The number of carbonyl (C=O) groups excluding carboxylic acids is 1. The number of hydrogen-bond donors (Lipinski definition) is 0. The second kappa shape index (κ2) is 7.77. The van der Waals surface area contributed by atoms with Gasteiger partial charge in [-0.1, -0.05) is 16.8 Å². The molecule has 1 aliphatic heterocycles. The first-order valence-corrected chi connectivity index (χ1v) is 8.47. The van der Waals surface area contributed by atoms with E-state index in [0.717, 1.165) is 5.56 Å². The van der Waals surface area contributed by atoms with Gasteiger partial charge < -0.3 is 14.2 Å². The molecule has 1 atom stereocenters. The number of hydrogen-bond acceptors (Lipinski definition) is 5. The van der Waals surface area contributed by atoms with Crippen molar-refractivity contribution in [1.29, 1.82) is 0 Å². The van der Waals surface area contributed by atoms with Gasteiger partial charge >= 0.3 is 0 Å². The Balaban J connectivity index is 1.50. The molecular weight excluding hydrogens is 330 g/mol. The van der Waals surface area contributed by atoms with Crippen molar-refractivity contribution in [3.63, 3.8) is 0 Å². The number of aromatic nitrogens is 2. The fourth-order valence-corrected chi connectivity index (χ4v) is 2.83. The third-order valence-corrected chi connectivity index (χ3v) is 4.29. The Labute approximate surface area is 145 Å². The molecule has 0 spiro atoms. The smallest absolute Gasteiger partial charge is 0.226 e. The minimum absolute atomic E-state index is 0.145. The van der Waals surface area contributed by atoms with Crippen LogP contribution in [0.2, 0.25) is 5.02 Å². The van der Waals surface area contributed by atoms with Gasteiger partial charge in [-0.2, -0.15) is 4.98 Å². The third-order valence-electron chi connectivity index (χ3n) is 4.04. The molecule has 0 aliphatic carbocycles. The summed E-state index contributed by atoms with van der Waals surface area (Å²) in [6.45, 7) is 3.90. The largest absolute Gasteiger partial charge is 0.377 e. The Hall–Kier alpha value is -1.92. The van der Waals surface area contributed by atoms with E-state index in [1.807, 2.05) is 24.0 Å². The van der Waals surface area contributed by atoms with Gasteiger partial charge in [-0.05, 0) is 37.6 Å². The van der Waals surface area contributed by atoms with Crippen molar-refractivity contribution in [1.82, 2.24) is 15.0 Å². The molecule has 1 aliphatic rings. The molecule has 1 saturated heterocycles. The van der Waals surface area contributed by atoms with E-state index >= 15 is 0 Å². The lowest BCUT2D eigenvalue weighted by Crippen LogP contribution is -2.47. The molecule has 0 radical (unpaired) electrons. The van der Waals surface area contributed by atoms with Crippen LogP contribution in [0.25, 0.3) is 11.4 Å². The molecular formula is C17H20ClN3O3. The maximum atomic E-state index is 12.2. The average Bonchev–Trinajstić information content (AvgIpc) is 3.04. The summed E-state index contributed by atoms with van der Waals surface area (Å²) in [7, 11) is 0. The van der Waals surface area contributed by atoms with Crippen molar-refractivity contribution < 1.29 is 14.1 Å². The van der Waals surface area contributed by atoms with E-state index < -0.39 is 0 Å². The Morgan fingerprint density at radius 2 is 2.17 bits per heavy atom. The van der Waals surface area contributed by atoms with Gasteiger partial charge in [0.15, 0.2) is 0 Å². The number of morpholine rings is 1. The maximum Gasteiger partial charge on any atom is 0.226 e. The van der Waals surface area contributed by atoms with Crippen LogP contribution in [-0.2, 0) is 16.0 Å². The van der Waals surface area contributed by atoms with Gasteiger partial charge in [-0.3, -0.25) is 4.79 Å². The first-order valence-electron chi connectivity index (χ1n) is 8.09. The topological polar surface area (TPSA) is 68.5 Å². The number of ether oxygens (including phenoxy) is 1. The van der Waals surface area contributed by atoms with Gasteiger partial charge in [0.1, 0.15) is 0 Å². The summed E-state index contributed by atoms with van der Waals surface area (Å²) < 4.78 is 10.6. The molecule has 1 fully saturated rings. The summed E-state index contributed by atoms with van der Waals surface area (Å²) in [6, 6.07) is 7.41. The molecule has 0 saturated carbocycles. The summed E-state index contributed by atoms with van der Waals surface area (Å²) >= 11 is 5.87. The van der Waals surface area contributed by atoms with Crippen molar-refractivity contribution in [3.8, 4) is 11.4 Å². The lowest BCUT2D eigenvalue weighted by molar-refractivity contribution is -0.139. The van der Waals surface area contributed by atoms with E-state index in [-0.39, 0.29) is 11.9 Å². The Morgan fingerprint density at radius 3 is 2.92 bits per heavy atom. The van der Waals surface area contributed by atoms with Crippen LogP contribution in [0.15, 0.2) is 28.8 Å². The highest BCUT2D eigenvalue weighted by molar-refractivity contribution is 6.30. The Bertz CT molecular complexity index is 687. The van der Waals surface area contributed by atoms with Crippen LogP contribution in [0.1, 0.15) is 25.7 Å². The van der Waals surface area contributed by atoms with Crippen LogP contribution in [-0.4, -0.2) is 46.7 Å². The zero-order valence-electron chi connectivity index (χ0n) is 13.6. The van der Waals surface area contributed by atoms with Crippen LogP contribution in [0.5, 0.6) is 0 Å². The van der Waals surface area contributed by atoms with Crippen molar-refractivity contribution in [2.45, 2.75) is 32.2 Å². The van der Waals surface area contributed by atoms with Gasteiger partial charge in [-0.15, -0.1) is 0 Å². The van der Waals surface area contributed by atoms with E-state index in [1.54, 1.807) is 12.1 Å². The first kappa shape index (κ1) is 16.9. The van der Waals surface area contributed by atoms with Gasteiger partial charge in [0, 0.05) is 30.0 Å². The molecule has 1 aromatic carbocycles. The lowest BCUT2D eigenvalue weighted by atomic mass is 10.2. The maximum absolute atomic E-state index is 12.2. The quantitative estimate of drug-likeness (QED) is 0.830. The highest BCUT2D eigenvalue weighted by atomic mass is 35.5. The molecule has 2 heterocycles. The van der Waals surface area contributed by atoms with E-state index in [2.05, 4.69) is 10.1 Å². The first-order chi connectivity index (χ1) is 11.6. The summed E-state index contributed by atoms with van der Waals surface area (Å²) in [5.74, 6) is 1.24. The average molecular weight is 350 g/mol. The predicted molar refractivity (Wildman–Crippen MR) is 89.7 cm³/mol. The molecule has 0 bridgehead atoms. The molecule has 128 valence electrons.